The highest BCUT2D eigenvalue weighted by Crippen LogP contribution is 2.21. The van der Waals surface area contributed by atoms with E-state index in [9.17, 15) is 14.0 Å². The quantitative estimate of drug-likeness (QED) is 0.923. The minimum atomic E-state index is -0.392. The van der Waals surface area contributed by atoms with E-state index in [1.807, 2.05) is 6.07 Å². The van der Waals surface area contributed by atoms with E-state index in [4.69, 9.17) is 5.26 Å². The van der Waals surface area contributed by atoms with Gasteiger partial charge in [0, 0.05) is 24.3 Å². The molecule has 6 heteroatoms. The molecule has 0 radical (unpaired) electrons. The van der Waals surface area contributed by atoms with Gasteiger partial charge in [-0.05, 0) is 55.3 Å². The van der Waals surface area contributed by atoms with E-state index in [-0.39, 0.29) is 17.7 Å². The zero-order valence-corrected chi connectivity index (χ0v) is 14.1. The molecule has 2 aromatic carbocycles. The predicted molar refractivity (Wildman–Crippen MR) is 94.8 cm³/mol. The smallest absolute Gasteiger partial charge is 0.253 e. The largest absolute Gasteiger partial charge is 0.338 e. The number of carbonyl (C=O) groups is 2. The van der Waals surface area contributed by atoms with Crippen molar-refractivity contribution in [1.82, 2.24) is 4.90 Å². The summed E-state index contributed by atoms with van der Waals surface area (Å²) in [5, 5.41) is 11.8. The van der Waals surface area contributed by atoms with Gasteiger partial charge in [0.1, 0.15) is 5.82 Å². The van der Waals surface area contributed by atoms with E-state index < -0.39 is 5.82 Å². The van der Waals surface area contributed by atoms with Gasteiger partial charge in [0.15, 0.2) is 0 Å². The molecule has 1 aliphatic rings. The number of rotatable bonds is 3. The lowest BCUT2D eigenvalue weighted by molar-refractivity contribution is -0.121. The van der Waals surface area contributed by atoms with Gasteiger partial charge in [0.2, 0.25) is 5.91 Å². The van der Waals surface area contributed by atoms with Crippen molar-refractivity contribution in [2.24, 2.45) is 5.92 Å². The zero-order chi connectivity index (χ0) is 18.5. The van der Waals surface area contributed by atoms with Gasteiger partial charge in [-0.25, -0.2) is 4.39 Å². The van der Waals surface area contributed by atoms with Gasteiger partial charge in [-0.15, -0.1) is 0 Å². The van der Waals surface area contributed by atoms with Crippen molar-refractivity contribution in [3.8, 4) is 6.07 Å². The van der Waals surface area contributed by atoms with Crippen LogP contribution in [0.3, 0.4) is 0 Å². The van der Waals surface area contributed by atoms with Crippen molar-refractivity contribution in [2.75, 3.05) is 18.4 Å². The molecule has 1 unspecified atom stereocenters. The summed E-state index contributed by atoms with van der Waals surface area (Å²) in [5.74, 6) is -1.08. The summed E-state index contributed by atoms with van der Waals surface area (Å²) >= 11 is 0. The Morgan fingerprint density at radius 2 is 1.96 bits per heavy atom. The average molecular weight is 351 g/mol. The van der Waals surface area contributed by atoms with Crippen LogP contribution >= 0.6 is 0 Å². The summed E-state index contributed by atoms with van der Waals surface area (Å²) in [6.07, 6.45) is 1.42. The third-order valence-electron chi connectivity index (χ3n) is 4.43. The first-order chi connectivity index (χ1) is 12.6. The second-order valence-corrected chi connectivity index (χ2v) is 6.28. The first kappa shape index (κ1) is 17.6. The molecule has 1 atom stereocenters. The van der Waals surface area contributed by atoms with Crippen molar-refractivity contribution in [3.63, 3.8) is 0 Å². The Morgan fingerprint density at radius 1 is 1.19 bits per heavy atom. The summed E-state index contributed by atoms with van der Waals surface area (Å²) in [4.78, 5) is 26.7. The standard InChI is InChI=1S/C20H18FN3O2/c21-17-8-6-15(7-9-17)20(26)24-10-2-4-16(13-24)19(25)23-18-5-1-3-14(11-18)12-22/h1,3,5-9,11,16H,2,4,10,13H2,(H,23,25). The second-order valence-electron chi connectivity index (χ2n) is 6.28. The Morgan fingerprint density at radius 3 is 2.69 bits per heavy atom. The predicted octanol–water partition coefficient (Wildman–Crippen LogP) is 3.19. The summed E-state index contributed by atoms with van der Waals surface area (Å²) in [6.45, 7) is 0.893. The van der Waals surface area contributed by atoms with Gasteiger partial charge in [-0.1, -0.05) is 6.07 Å². The van der Waals surface area contributed by atoms with Gasteiger partial charge in [-0.3, -0.25) is 9.59 Å². The monoisotopic (exact) mass is 351 g/mol. The fourth-order valence-electron chi connectivity index (χ4n) is 3.06. The number of nitrogens with one attached hydrogen (secondary N) is 1. The number of halogens is 1. The van der Waals surface area contributed by atoms with E-state index in [1.54, 1.807) is 29.2 Å². The lowest BCUT2D eigenvalue weighted by atomic mass is 9.96. The van der Waals surface area contributed by atoms with Gasteiger partial charge in [-0.2, -0.15) is 5.26 Å². The molecule has 0 saturated carbocycles. The Kier molecular flexibility index (Phi) is 5.28. The number of amides is 2. The third-order valence-corrected chi connectivity index (χ3v) is 4.43. The molecule has 2 aromatic rings. The van der Waals surface area contributed by atoms with Crippen LogP contribution in [0.4, 0.5) is 10.1 Å². The number of carbonyl (C=O) groups excluding carboxylic acids is 2. The third kappa shape index (κ3) is 4.06. The summed E-state index contributed by atoms with van der Waals surface area (Å²) < 4.78 is 13.0. The molecule has 1 heterocycles. The number of nitrogens with zero attached hydrogens (tertiary/aromatic N) is 2. The lowest BCUT2D eigenvalue weighted by Gasteiger charge is -2.32. The molecule has 1 N–H and O–H groups in total. The van der Waals surface area contributed by atoms with E-state index in [2.05, 4.69) is 5.32 Å². The highest BCUT2D eigenvalue weighted by atomic mass is 19.1. The number of likely N-dealkylation sites (tertiary alicyclic amines) is 1. The maximum absolute atomic E-state index is 13.0. The molecule has 5 nitrogen and oxygen atoms in total. The molecule has 0 aromatic heterocycles. The van der Waals surface area contributed by atoms with Crippen molar-refractivity contribution in [2.45, 2.75) is 12.8 Å². The Labute approximate surface area is 151 Å². The number of anilines is 1. The minimum absolute atomic E-state index is 0.170. The summed E-state index contributed by atoms with van der Waals surface area (Å²) in [5.41, 5.74) is 1.45. The van der Waals surface area contributed by atoms with Crippen LogP contribution in [0.1, 0.15) is 28.8 Å². The molecule has 1 aliphatic heterocycles. The van der Waals surface area contributed by atoms with Crippen molar-refractivity contribution in [1.29, 1.82) is 5.26 Å². The molecule has 0 spiro atoms. The number of nitriles is 1. The Balaban J connectivity index is 1.65. The lowest BCUT2D eigenvalue weighted by Crippen LogP contribution is -2.43. The van der Waals surface area contributed by atoms with Crippen LogP contribution in [0.15, 0.2) is 48.5 Å². The van der Waals surface area contributed by atoms with Gasteiger partial charge in [0.05, 0.1) is 17.6 Å². The van der Waals surface area contributed by atoms with Crippen LogP contribution in [-0.2, 0) is 4.79 Å². The minimum Gasteiger partial charge on any atom is -0.338 e. The molecule has 0 aliphatic carbocycles. The number of hydrogen-bond donors (Lipinski definition) is 1. The van der Waals surface area contributed by atoms with Gasteiger partial charge < -0.3 is 10.2 Å². The van der Waals surface area contributed by atoms with Crippen LogP contribution in [0.25, 0.3) is 0 Å². The van der Waals surface area contributed by atoms with E-state index in [0.717, 1.165) is 6.42 Å². The molecular weight excluding hydrogens is 333 g/mol. The fourth-order valence-corrected chi connectivity index (χ4v) is 3.06. The van der Waals surface area contributed by atoms with E-state index >= 15 is 0 Å². The molecule has 26 heavy (non-hydrogen) atoms. The van der Waals surface area contributed by atoms with E-state index in [0.29, 0.717) is 36.3 Å². The fraction of sp³-hybridized carbons (Fsp3) is 0.250. The van der Waals surface area contributed by atoms with Gasteiger partial charge >= 0.3 is 0 Å². The van der Waals surface area contributed by atoms with Crippen molar-refractivity contribution < 1.29 is 14.0 Å². The molecule has 132 valence electrons. The SMILES string of the molecule is N#Cc1cccc(NC(=O)C2CCCN(C(=O)c3ccc(F)cc3)C2)c1. The normalized spacial score (nSPS) is 16.6. The molecule has 0 bridgehead atoms. The first-order valence-corrected chi connectivity index (χ1v) is 8.42. The molecule has 1 saturated heterocycles. The second kappa shape index (κ2) is 7.79. The first-order valence-electron chi connectivity index (χ1n) is 8.42. The Hall–Kier alpha value is -3.20. The molecule has 2 amide bonds. The highest BCUT2D eigenvalue weighted by molar-refractivity contribution is 5.96. The number of hydrogen-bond acceptors (Lipinski definition) is 3. The topological polar surface area (TPSA) is 73.2 Å². The Bertz CT molecular complexity index is 858. The highest BCUT2D eigenvalue weighted by Gasteiger charge is 2.29. The zero-order valence-electron chi connectivity index (χ0n) is 14.1. The molecule has 1 fully saturated rings. The summed E-state index contributed by atoms with van der Waals surface area (Å²) in [6, 6.07) is 14.2. The molecular formula is C20H18FN3O2. The van der Waals surface area contributed by atoms with Gasteiger partial charge in [0.25, 0.3) is 5.91 Å². The average Bonchev–Trinajstić information content (AvgIpc) is 2.68. The number of benzene rings is 2. The number of piperidine rings is 1. The van der Waals surface area contributed by atoms with Crippen molar-refractivity contribution in [3.05, 3.63) is 65.5 Å². The van der Waals surface area contributed by atoms with Crippen molar-refractivity contribution >= 4 is 17.5 Å². The van der Waals surface area contributed by atoms with Crippen LogP contribution in [0.5, 0.6) is 0 Å². The molecule has 3 rings (SSSR count). The summed E-state index contributed by atoms with van der Waals surface area (Å²) in [7, 11) is 0. The van der Waals surface area contributed by atoms with Crippen LogP contribution < -0.4 is 5.32 Å². The maximum atomic E-state index is 13.0. The van der Waals surface area contributed by atoms with Crippen LogP contribution in [0.2, 0.25) is 0 Å². The van der Waals surface area contributed by atoms with E-state index in [1.165, 1.54) is 24.3 Å². The van der Waals surface area contributed by atoms with Crippen LogP contribution in [-0.4, -0.2) is 29.8 Å². The van der Waals surface area contributed by atoms with Crippen LogP contribution in [0, 0.1) is 23.1 Å². The maximum Gasteiger partial charge on any atom is 0.253 e.